The maximum absolute atomic E-state index is 14.0. The number of rotatable bonds is 4. The minimum Gasteiger partial charge on any atom is -0.491 e. The Hall–Kier alpha value is -3.65. The van der Waals surface area contributed by atoms with Crippen molar-refractivity contribution in [3.05, 3.63) is 78.4 Å². The molecular weight excluding hydrogens is 502 g/mol. The second-order valence-electron chi connectivity index (χ2n) is 11.5. The van der Waals surface area contributed by atoms with Gasteiger partial charge in [-0.1, -0.05) is 32.4 Å². The number of aromatic nitrogens is 2. The molecule has 3 aromatic rings. The largest absolute Gasteiger partial charge is 0.491 e. The minimum absolute atomic E-state index is 0.114. The Bertz CT molecular complexity index is 1280. The summed E-state index contributed by atoms with van der Waals surface area (Å²) in [5.74, 6) is 0.772. The van der Waals surface area contributed by atoms with Gasteiger partial charge < -0.3 is 19.9 Å². The molecule has 2 aliphatic rings. The summed E-state index contributed by atoms with van der Waals surface area (Å²) in [6.45, 7) is 7.66. The molecule has 1 spiro atoms. The van der Waals surface area contributed by atoms with Crippen LogP contribution in [0, 0.1) is 11.3 Å². The molecule has 1 aromatic carbocycles. The fourth-order valence-corrected chi connectivity index (χ4v) is 5.83. The number of pyridine rings is 1. The molecule has 2 aromatic heterocycles. The summed E-state index contributed by atoms with van der Waals surface area (Å²) in [6, 6.07) is 15.5. The molecule has 40 heavy (non-hydrogen) atoms. The first kappa shape index (κ1) is 27.9. The molecule has 0 aliphatic carbocycles. The number of benzene rings is 1. The van der Waals surface area contributed by atoms with Crippen LogP contribution in [0.2, 0.25) is 0 Å². The highest BCUT2D eigenvalue weighted by Crippen LogP contribution is 2.38. The average molecular weight is 544 g/mol. The minimum atomic E-state index is -0.414. The Morgan fingerprint density at radius 1 is 1.00 bits per heavy atom. The quantitative estimate of drug-likeness (QED) is 0.503. The average Bonchev–Trinajstić information content (AvgIpc) is 3.44. The first-order valence-electron chi connectivity index (χ1n) is 14.6. The second kappa shape index (κ2) is 12.7. The second-order valence-corrected chi connectivity index (χ2v) is 11.5. The predicted octanol–water partition coefficient (Wildman–Crippen LogP) is 4.59. The lowest BCUT2D eigenvalue weighted by Crippen LogP contribution is -2.53. The van der Waals surface area contributed by atoms with Crippen LogP contribution in [0.1, 0.15) is 62.0 Å². The number of fused-ring (bicyclic) bond motifs is 1. The molecule has 8 nitrogen and oxygen atoms in total. The van der Waals surface area contributed by atoms with E-state index in [0.717, 1.165) is 57.4 Å². The lowest BCUT2D eigenvalue weighted by Gasteiger charge is -2.42. The van der Waals surface area contributed by atoms with Crippen molar-refractivity contribution in [1.29, 1.82) is 0 Å². The Labute approximate surface area is 237 Å². The van der Waals surface area contributed by atoms with Crippen LogP contribution in [0.5, 0.6) is 5.75 Å². The Kier molecular flexibility index (Phi) is 8.85. The molecule has 8 heteroatoms. The van der Waals surface area contributed by atoms with E-state index in [1.807, 2.05) is 42.7 Å². The van der Waals surface area contributed by atoms with Crippen LogP contribution in [-0.2, 0) is 11.3 Å². The molecular formula is C32H41N5O3. The van der Waals surface area contributed by atoms with Crippen molar-refractivity contribution in [1.82, 2.24) is 25.1 Å². The van der Waals surface area contributed by atoms with E-state index in [-0.39, 0.29) is 23.8 Å². The van der Waals surface area contributed by atoms with Crippen molar-refractivity contribution in [2.75, 3.05) is 26.2 Å². The zero-order chi connectivity index (χ0) is 28.0. The smallest absolute Gasteiger partial charge is 0.255 e. The van der Waals surface area contributed by atoms with Gasteiger partial charge in [0.15, 0.2) is 0 Å². The lowest BCUT2D eigenvalue weighted by molar-refractivity contribution is -0.136. The Balaban J connectivity index is 1.29. The van der Waals surface area contributed by atoms with Crippen LogP contribution in [0.15, 0.2) is 67.1 Å². The van der Waals surface area contributed by atoms with Gasteiger partial charge >= 0.3 is 0 Å². The van der Waals surface area contributed by atoms with Crippen molar-refractivity contribution in [3.63, 3.8) is 0 Å². The molecule has 2 aliphatic heterocycles. The van der Waals surface area contributed by atoms with E-state index >= 15 is 0 Å². The predicted molar refractivity (Wildman–Crippen MR) is 155 cm³/mol. The van der Waals surface area contributed by atoms with Crippen LogP contribution in [0.3, 0.4) is 0 Å². The Morgan fingerprint density at radius 2 is 1.77 bits per heavy atom. The zero-order valence-electron chi connectivity index (χ0n) is 23.6. The zero-order valence-corrected chi connectivity index (χ0v) is 23.6. The monoisotopic (exact) mass is 543 g/mol. The maximum atomic E-state index is 14.0. The Morgan fingerprint density at radius 3 is 2.55 bits per heavy atom. The number of nitrogens with zero attached hydrogens (tertiary/aromatic N) is 3. The molecule has 2 N–H and O–H groups in total. The van der Waals surface area contributed by atoms with Gasteiger partial charge in [-0.2, -0.15) is 0 Å². The van der Waals surface area contributed by atoms with Crippen molar-refractivity contribution in [2.24, 2.45) is 11.3 Å². The highest BCUT2D eigenvalue weighted by Gasteiger charge is 2.42. The van der Waals surface area contributed by atoms with Crippen molar-refractivity contribution in [2.45, 2.75) is 58.5 Å². The topological polar surface area (TPSA) is 88.5 Å². The lowest BCUT2D eigenvalue weighted by atomic mass is 9.73. The summed E-state index contributed by atoms with van der Waals surface area (Å²) >= 11 is 0. The van der Waals surface area contributed by atoms with Crippen LogP contribution in [-0.4, -0.2) is 58.5 Å². The first-order valence-corrected chi connectivity index (χ1v) is 14.6. The van der Waals surface area contributed by atoms with E-state index in [2.05, 4.69) is 57.3 Å². The summed E-state index contributed by atoms with van der Waals surface area (Å²) in [7, 11) is 0. The van der Waals surface area contributed by atoms with Crippen LogP contribution in [0.25, 0.3) is 5.69 Å². The van der Waals surface area contributed by atoms with Gasteiger partial charge in [0.2, 0.25) is 5.91 Å². The summed E-state index contributed by atoms with van der Waals surface area (Å²) in [4.78, 5) is 33.4. The molecule has 1 atom stereocenters. The number of piperidine rings is 1. The van der Waals surface area contributed by atoms with Gasteiger partial charge in [0.1, 0.15) is 12.4 Å². The van der Waals surface area contributed by atoms with E-state index < -0.39 is 5.41 Å². The van der Waals surface area contributed by atoms with E-state index in [0.29, 0.717) is 24.5 Å². The van der Waals surface area contributed by atoms with E-state index in [1.54, 1.807) is 6.07 Å². The van der Waals surface area contributed by atoms with Crippen LogP contribution < -0.4 is 15.4 Å². The molecule has 2 amide bonds. The third-order valence-corrected chi connectivity index (χ3v) is 8.49. The normalized spacial score (nSPS) is 20.7. The van der Waals surface area contributed by atoms with Crippen molar-refractivity contribution < 1.29 is 14.3 Å². The summed E-state index contributed by atoms with van der Waals surface area (Å²) in [6.07, 6.45) is 9.89. The summed E-state index contributed by atoms with van der Waals surface area (Å²) in [5.41, 5.74) is 2.45. The highest BCUT2D eigenvalue weighted by molar-refractivity contribution is 5.96. The molecule has 5 rings (SSSR count). The molecule has 0 unspecified atom stereocenters. The van der Waals surface area contributed by atoms with E-state index in [9.17, 15) is 9.59 Å². The third kappa shape index (κ3) is 6.39. The number of nitrogens with one attached hydrogen (secondary N) is 2. The summed E-state index contributed by atoms with van der Waals surface area (Å²) < 4.78 is 8.34. The van der Waals surface area contributed by atoms with E-state index in [1.165, 1.54) is 5.69 Å². The van der Waals surface area contributed by atoms with Gasteiger partial charge in [0.05, 0.1) is 17.0 Å². The SMILES string of the molecule is CC(C)[C@H]1COc2ccccc2C(=O)NCCCCC2(CCN(Cc3cccn3-c3ccncc3)CC2)C(=O)N1. The number of carbonyl (C=O) groups excluding carboxylic acids is 2. The number of ether oxygens (including phenoxy) is 1. The summed E-state index contributed by atoms with van der Waals surface area (Å²) in [5, 5.41) is 6.42. The molecule has 0 saturated carbocycles. The number of hydrogen-bond donors (Lipinski definition) is 2. The van der Waals surface area contributed by atoms with Gasteiger partial charge in [-0.25, -0.2) is 0 Å². The van der Waals surface area contributed by atoms with E-state index in [4.69, 9.17) is 4.74 Å². The van der Waals surface area contributed by atoms with Gasteiger partial charge in [0.25, 0.3) is 5.91 Å². The molecule has 1 fully saturated rings. The number of carbonyl (C=O) groups is 2. The standard InChI is InChI=1S/C32H41N5O3/c1-24(2)28-23-40-29-10-4-3-9-27(29)30(38)34-16-6-5-13-32(31(39)35-28)14-20-36(21-15-32)22-26-8-7-19-37(26)25-11-17-33-18-12-25/h3-4,7-12,17-19,24,28H,5-6,13-16,20-23H2,1-2H3,(H,34,38)(H,35,39)/t28-/m1/s1. The van der Waals surface area contributed by atoms with Gasteiger partial charge in [-0.15, -0.1) is 0 Å². The van der Waals surface area contributed by atoms with Crippen LogP contribution in [0.4, 0.5) is 0 Å². The third-order valence-electron chi connectivity index (χ3n) is 8.49. The number of hydrogen-bond acceptors (Lipinski definition) is 5. The molecule has 0 bridgehead atoms. The van der Waals surface area contributed by atoms with Gasteiger partial charge in [-0.3, -0.25) is 19.5 Å². The fourth-order valence-electron chi connectivity index (χ4n) is 5.83. The van der Waals surface area contributed by atoms with Gasteiger partial charge in [-0.05, 0) is 81.1 Å². The van der Waals surface area contributed by atoms with Crippen molar-refractivity contribution in [3.8, 4) is 11.4 Å². The fraction of sp³-hybridized carbons (Fsp3) is 0.469. The number of amides is 2. The van der Waals surface area contributed by atoms with Gasteiger partial charge in [0, 0.05) is 43.1 Å². The molecule has 0 radical (unpaired) electrons. The van der Waals surface area contributed by atoms with Crippen molar-refractivity contribution >= 4 is 11.8 Å². The number of para-hydroxylation sites is 1. The number of likely N-dealkylation sites (tertiary alicyclic amines) is 1. The van der Waals surface area contributed by atoms with Crippen LogP contribution >= 0.6 is 0 Å². The molecule has 1 saturated heterocycles. The molecule has 4 heterocycles. The highest BCUT2D eigenvalue weighted by atomic mass is 16.5. The first-order chi connectivity index (χ1) is 19.4. The molecule has 212 valence electrons. The maximum Gasteiger partial charge on any atom is 0.255 e.